The van der Waals surface area contributed by atoms with Gasteiger partial charge in [-0.2, -0.15) is 5.10 Å². The Bertz CT molecular complexity index is 715. The minimum atomic E-state index is -0.645. The van der Waals surface area contributed by atoms with Crippen LogP contribution >= 0.6 is 0 Å². The summed E-state index contributed by atoms with van der Waals surface area (Å²) in [6.45, 7) is 0. The maximum absolute atomic E-state index is 11.7. The number of benzene rings is 1. The zero-order valence-electron chi connectivity index (χ0n) is 12.0. The van der Waals surface area contributed by atoms with Gasteiger partial charge in [0.25, 0.3) is 5.91 Å². The second-order valence-electron chi connectivity index (χ2n) is 4.47. The van der Waals surface area contributed by atoms with Crippen LogP contribution < -0.4 is 22.1 Å². The molecule has 2 aromatic rings. The molecule has 0 aliphatic heterocycles. The molecule has 0 spiro atoms. The molecule has 1 aromatic heterocycles. The Kier molecular flexibility index (Phi) is 4.42. The number of rotatable bonds is 5. The topological polar surface area (TPSA) is 146 Å². The number of carbonyl (C=O) groups excluding carboxylic acids is 1. The van der Waals surface area contributed by atoms with E-state index in [4.69, 9.17) is 16.9 Å². The van der Waals surface area contributed by atoms with Crippen molar-refractivity contribution in [3.8, 4) is 11.3 Å². The van der Waals surface area contributed by atoms with Crippen LogP contribution in [0.5, 0.6) is 0 Å². The first-order valence-corrected chi connectivity index (χ1v) is 6.46. The summed E-state index contributed by atoms with van der Waals surface area (Å²) in [5, 5.41) is 20.1. The summed E-state index contributed by atoms with van der Waals surface area (Å²) >= 11 is 0. The highest BCUT2D eigenvalue weighted by Crippen LogP contribution is 2.27. The van der Waals surface area contributed by atoms with Gasteiger partial charge in [-0.25, -0.2) is 0 Å². The minimum Gasteiger partial charge on any atom is -0.399 e. The van der Waals surface area contributed by atoms with Crippen LogP contribution in [0.3, 0.4) is 0 Å². The van der Waals surface area contributed by atoms with Gasteiger partial charge in [0.15, 0.2) is 0 Å². The number of aromatic amines is 1. The molecule has 114 valence electrons. The molecule has 8 heteroatoms. The van der Waals surface area contributed by atoms with E-state index >= 15 is 0 Å². The van der Waals surface area contributed by atoms with E-state index in [2.05, 4.69) is 20.8 Å². The maximum atomic E-state index is 11.7. The Morgan fingerprint density at radius 2 is 2.05 bits per heavy atom. The summed E-state index contributed by atoms with van der Waals surface area (Å²) in [4.78, 5) is 11.7. The normalized spacial score (nSPS) is 10.6. The van der Waals surface area contributed by atoms with Crippen LogP contribution in [0.2, 0.25) is 0 Å². The van der Waals surface area contributed by atoms with Crippen LogP contribution in [0.1, 0.15) is 10.4 Å². The number of anilines is 2. The van der Waals surface area contributed by atoms with E-state index in [0.717, 1.165) is 0 Å². The molecule has 0 fully saturated rings. The quantitative estimate of drug-likeness (QED) is 0.276. The SMILES string of the molecule is CN/C=C\C(=N)Nc1[nH]nc(-c2ccc(N)cc2)c1C(N)=O. The number of amidine groups is 1. The smallest absolute Gasteiger partial charge is 0.254 e. The molecule has 8 nitrogen and oxygen atoms in total. The molecule has 0 radical (unpaired) electrons. The summed E-state index contributed by atoms with van der Waals surface area (Å²) in [6, 6.07) is 6.90. The number of nitrogen functional groups attached to an aromatic ring is 1. The van der Waals surface area contributed by atoms with E-state index in [9.17, 15) is 4.79 Å². The molecule has 22 heavy (non-hydrogen) atoms. The van der Waals surface area contributed by atoms with Gasteiger partial charge >= 0.3 is 0 Å². The van der Waals surface area contributed by atoms with Crippen LogP contribution in [-0.2, 0) is 0 Å². The number of H-pyrrole nitrogens is 1. The van der Waals surface area contributed by atoms with Crippen LogP contribution in [-0.4, -0.2) is 29.0 Å². The van der Waals surface area contributed by atoms with Crippen molar-refractivity contribution in [3.05, 3.63) is 42.1 Å². The minimum absolute atomic E-state index is 0.0735. The van der Waals surface area contributed by atoms with Crippen molar-refractivity contribution in [3.63, 3.8) is 0 Å². The molecule has 0 saturated heterocycles. The molecule has 0 bridgehead atoms. The summed E-state index contributed by atoms with van der Waals surface area (Å²) in [5.74, 6) is -0.303. The first kappa shape index (κ1) is 15.1. The van der Waals surface area contributed by atoms with Crippen molar-refractivity contribution in [1.29, 1.82) is 5.41 Å². The third kappa shape index (κ3) is 3.23. The lowest BCUT2D eigenvalue weighted by atomic mass is 10.1. The standard InChI is InChI=1S/C14H17N7O/c1-18-7-6-10(16)19-14-11(13(17)22)12(20-21-14)8-2-4-9(15)5-3-8/h2-7,18H,15H2,1H3,(H2,17,22)(H3,16,19,20,21)/b7-6-. The van der Waals surface area contributed by atoms with Crippen molar-refractivity contribution < 1.29 is 4.79 Å². The van der Waals surface area contributed by atoms with Gasteiger partial charge < -0.3 is 22.1 Å². The van der Waals surface area contributed by atoms with Gasteiger partial charge in [-0.3, -0.25) is 15.3 Å². The average Bonchev–Trinajstić information content (AvgIpc) is 2.89. The molecular weight excluding hydrogens is 282 g/mol. The van der Waals surface area contributed by atoms with Crippen LogP contribution in [0.25, 0.3) is 11.3 Å². The van der Waals surface area contributed by atoms with Gasteiger partial charge in [0.2, 0.25) is 0 Å². The highest BCUT2D eigenvalue weighted by atomic mass is 16.1. The molecule has 0 saturated carbocycles. The summed E-state index contributed by atoms with van der Waals surface area (Å²) in [6.07, 6.45) is 3.07. The monoisotopic (exact) mass is 299 g/mol. The first-order valence-electron chi connectivity index (χ1n) is 6.46. The molecule has 2 rings (SSSR count). The summed E-state index contributed by atoms with van der Waals surface area (Å²) in [7, 11) is 1.72. The number of amides is 1. The average molecular weight is 299 g/mol. The number of nitrogens with two attached hydrogens (primary N) is 2. The maximum Gasteiger partial charge on any atom is 0.254 e. The molecule has 8 N–H and O–H groups in total. The Labute approximate surface area is 127 Å². The third-order valence-electron chi connectivity index (χ3n) is 2.87. The fourth-order valence-electron chi connectivity index (χ4n) is 1.87. The van der Waals surface area contributed by atoms with Crippen molar-refractivity contribution in [2.75, 3.05) is 18.1 Å². The van der Waals surface area contributed by atoms with Crippen molar-refractivity contribution in [2.24, 2.45) is 5.73 Å². The van der Waals surface area contributed by atoms with Crippen molar-refractivity contribution in [2.45, 2.75) is 0 Å². The fraction of sp³-hybridized carbons (Fsp3) is 0.0714. The summed E-state index contributed by atoms with van der Waals surface area (Å²) < 4.78 is 0. The zero-order valence-corrected chi connectivity index (χ0v) is 12.0. The number of hydrogen-bond acceptors (Lipinski definition) is 5. The zero-order chi connectivity index (χ0) is 16.1. The number of nitrogens with zero attached hydrogens (tertiary/aromatic N) is 1. The van der Waals surface area contributed by atoms with E-state index in [1.165, 1.54) is 6.08 Å². The highest BCUT2D eigenvalue weighted by molar-refractivity contribution is 6.09. The number of aromatic nitrogens is 2. The third-order valence-corrected chi connectivity index (χ3v) is 2.87. The molecule has 1 amide bonds. The summed E-state index contributed by atoms with van der Waals surface area (Å²) in [5.41, 5.74) is 13.0. The van der Waals surface area contributed by atoms with Gasteiger partial charge in [-0.05, 0) is 24.4 Å². The Morgan fingerprint density at radius 3 is 2.64 bits per heavy atom. The number of carbonyl (C=O) groups is 1. The molecule has 0 aliphatic carbocycles. The van der Waals surface area contributed by atoms with Gasteiger partial charge in [0.05, 0.1) is 0 Å². The van der Waals surface area contributed by atoms with Gasteiger partial charge in [-0.15, -0.1) is 0 Å². The Balaban J connectivity index is 2.37. The van der Waals surface area contributed by atoms with E-state index in [0.29, 0.717) is 16.9 Å². The lowest BCUT2D eigenvalue weighted by molar-refractivity contribution is 0.100. The van der Waals surface area contributed by atoms with E-state index in [1.807, 2.05) is 0 Å². The van der Waals surface area contributed by atoms with E-state index in [1.54, 1.807) is 37.5 Å². The van der Waals surface area contributed by atoms with Gasteiger partial charge in [0, 0.05) is 18.3 Å². The van der Waals surface area contributed by atoms with Crippen molar-refractivity contribution in [1.82, 2.24) is 15.5 Å². The lowest BCUT2D eigenvalue weighted by Crippen LogP contribution is -2.16. The van der Waals surface area contributed by atoms with E-state index in [-0.39, 0.29) is 17.2 Å². The molecule has 1 heterocycles. The Morgan fingerprint density at radius 1 is 1.36 bits per heavy atom. The van der Waals surface area contributed by atoms with E-state index < -0.39 is 5.91 Å². The Hall–Kier alpha value is -3.29. The largest absolute Gasteiger partial charge is 0.399 e. The number of hydrogen-bond donors (Lipinski definition) is 6. The predicted octanol–water partition coefficient (Wildman–Crippen LogP) is 0.880. The van der Waals surface area contributed by atoms with Gasteiger partial charge in [-0.1, -0.05) is 12.1 Å². The first-order chi connectivity index (χ1) is 10.5. The molecule has 0 atom stereocenters. The van der Waals surface area contributed by atoms with Crippen LogP contribution in [0.4, 0.5) is 11.5 Å². The molecule has 0 aliphatic rings. The fourth-order valence-corrected chi connectivity index (χ4v) is 1.87. The second-order valence-corrected chi connectivity index (χ2v) is 4.47. The molecule has 1 aromatic carbocycles. The van der Waals surface area contributed by atoms with Crippen LogP contribution in [0, 0.1) is 5.41 Å². The second kappa shape index (κ2) is 6.44. The number of nitrogens with one attached hydrogen (secondary N) is 4. The van der Waals surface area contributed by atoms with Gasteiger partial charge in [0.1, 0.15) is 22.9 Å². The van der Waals surface area contributed by atoms with Crippen molar-refractivity contribution >= 4 is 23.2 Å². The number of primary amides is 1. The molecular formula is C14H17N7O. The van der Waals surface area contributed by atoms with Crippen LogP contribution in [0.15, 0.2) is 36.5 Å². The molecule has 0 unspecified atom stereocenters. The predicted molar refractivity (Wildman–Crippen MR) is 86.5 cm³/mol. The lowest BCUT2D eigenvalue weighted by Gasteiger charge is -2.05. The highest BCUT2D eigenvalue weighted by Gasteiger charge is 2.19.